The standard InChI is InChI=1S/C19H23N5O2/c25-16(21-18-23-22-15-3-1-2-4-24(15)18)11-20-17(26)19-8-12-5-13(9-19)7-14(6-12)10-19/h1-4,12-14H,5-11H2,(H,20,26)(H,21,23,25). The lowest BCUT2D eigenvalue weighted by Gasteiger charge is -2.55. The molecule has 136 valence electrons. The predicted molar refractivity (Wildman–Crippen MR) is 95.2 cm³/mol. The summed E-state index contributed by atoms with van der Waals surface area (Å²) < 4.78 is 1.71. The fourth-order valence-corrected chi connectivity index (χ4v) is 5.83. The van der Waals surface area contributed by atoms with Gasteiger partial charge in [0.15, 0.2) is 5.65 Å². The second-order valence-corrected chi connectivity index (χ2v) is 8.38. The van der Waals surface area contributed by atoms with Gasteiger partial charge in [0.25, 0.3) is 0 Å². The summed E-state index contributed by atoms with van der Waals surface area (Å²) >= 11 is 0. The summed E-state index contributed by atoms with van der Waals surface area (Å²) in [6.45, 7) is -0.0255. The number of rotatable bonds is 4. The fraction of sp³-hybridized carbons (Fsp3) is 0.579. The third-order valence-electron chi connectivity index (χ3n) is 6.49. The minimum atomic E-state index is -0.277. The van der Waals surface area contributed by atoms with Crippen molar-refractivity contribution < 1.29 is 9.59 Å². The lowest BCUT2D eigenvalue weighted by molar-refractivity contribution is -0.146. The van der Waals surface area contributed by atoms with Crippen LogP contribution in [0.5, 0.6) is 0 Å². The fourth-order valence-electron chi connectivity index (χ4n) is 5.83. The van der Waals surface area contributed by atoms with Gasteiger partial charge in [-0.05, 0) is 68.4 Å². The molecule has 0 atom stereocenters. The number of nitrogens with one attached hydrogen (secondary N) is 2. The number of pyridine rings is 1. The molecule has 0 aliphatic heterocycles. The number of hydrogen-bond acceptors (Lipinski definition) is 4. The van der Waals surface area contributed by atoms with E-state index >= 15 is 0 Å². The van der Waals surface area contributed by atoms with Gasteiger partial charge in [-0.25, -0.2) is 0 Å². The van der Waals surface area contributed by atoms with Gasteiger partial charge in [0.1, 0.15) is 0 Å². The molecule has 2 heterocycles. The topological polar surface area (TPSA) is 88.4 Å². The molecule has 2 aromatic heterocycles. The second-order valence-electron chi connectivity index (χ2n) is 8.38. The summed E-state index contributed by atoms with van der Waals surface area (Å²) in [4.78, 5) is 25.2. The van der Waals surface area contributed by atoms with Crippen LogP contribution in [0.25, 0.3) is 5.65 Å². The molecule has 4 fully saturated rings. The molecule has 0 radical (unpaired) electrons. The van der Waals surface area contributed by atoms with Crippen molar-refractivity contribution in [3.63, 3.8) is 0 Å². The highest BCUT2D eigenvalue weighted by Crippen LogP contribution is 2.60. The Hall–Kier alpha value is -2.44. The maximum Gasteiger partial charge on any atom is 0.246 e. The molecule has 2 N–H and O–H groups in total. The van der Waals surface area contributed by atoms with Crippen LogP contribution in [0.3, 0.4) is 0 Å². The number of fused-ring (bicyclic) bond motifs is 1. The van der Waals surface area contributed by atoms with Gasteiger partial charge in [-0.3, -0.25) is 19.3 Å². The summed E-state index contributed by atoms with van der Waals surface area (Å²) in [5.41, 5.74) is 0.441. The molecule has 2 aromatic rings. The van der Waals surface area contributed by atoms with Gasteiger partial charge < -0.3 is 5.32 Å². The Bertz CT molecular complexity index is 838. The molecule has 7 nitrogen and oxygen atoms in total. The Morgan fingerprint density at radius 3 is 2.46 bits per heavy atom. The summed E-state index contributed by atoms with van der Waals surface area (Å²) in [5.74, 6) is 2.29. The molecular weight excluding hydrogens is 330 g/mol. The van der Waals surface area contributed by atoms with E-state index in [1.165, 1.54) is 19.3 Å². The van der Waals surface area contributed by atoms with Crippen molar-refractivity contribution in [1.82, 2.24) is 19.9 Å². The van der Waals surface area contributed by atoms with Crippen LogP contribution in [0.4, 0.5) is 5.95 Å². The minimum absolute atomic E-state index is 0.0255. The molecule has 26 heavy (non-hydrogen) atoms. The molecule has 4 aliphatic carbocycles. The number of hydrogen-bond donors (Lipinski definition) is 2. The highest BCUT2D eigenvalue weighted by Gasteiger charge is 2.54. The SMILES string of the molecule is O=C(CNC(=O)C12CC3CC(CC(C3)C1)C2)Nc1nnc2ccccn12. The molecule has 6 rings (SSSR count). The third kappa shape index (κ3) is 2.57. The van der Waals surface area contributed by atoms with Crippen molar-refractivity contribution in [3.05, 3.63) is 24.4 Å². The first kappa shape index (κ1) is 15.8. The number of nitrogens with zero attached hydrogens (tertiary/aromatic N) is 3. The van der Waals surface area contributed by atoms with E-state index in [0.29, 0.717) is 29.3 Å². The summed E-state index contributed by atoms with van der Waals surface area (Å²) in [6.07, 6.45) is 8.69. The molecular formula is C19H23N5O2. The molecule has 7 heteroatoms. The van der Waals surface area contributed by atoms with Crippen LogP contribution < -0.4 is 10.6 Å². The predicted octanol–water partition coefficient (Wildman–Crippen LogP) is 2.00. The van der Waals surface area contributed by atoms with Gasteiger partial charge in [0.05, 0.1) is 6.54 Å². The van der Waals surface area contributed by atoms with Gasteiger partial charge in [-0.1, -0.05) is 6.07 Å². The largest absolute Gasteiger partial charge is 0.347 e. The van der Waals surface area contributed by atoms with Gasteiger partial charge in [-0.2, -0.15) is 0 Å². The van der Waals surface area contributed by atoms with Gasteiger partial charge in [-0.15, -0.1) is 10.2 Å². The van der Waals surface area contributed by atoms with Crippen molar-refractivity contribution >= 4 is 23.4 Å². The van der Waals surface area contributed by atoms with Crippen molar-refractivity contribution in [2.75, 3.05) is 11.9 Å². The first-order valence-corrected chi connectivity index (χ1v) is 9.49. The zero-order chi connectivity index (χ0) is 17.7. The van der Waals surface area contributed by atoms with Crippen LogP contribution >= 0.6 is 0 Å². The van der Waals surface area contributed by atoms with E-state index in [4.69, 9.17) is 0 Å². The van der Waals surface area contributed by atoms with Gasteiger partial charge >= 0.3 is 0 Å². The average Bonchev–Trinajstić information content (AvgIpc) is 3.01. The van der Waals surface area contributed by atoms with Crippen LogP contribution in [-0.4, -0.2) is 33.0 Å². The van der Waals surface area contributed by atoms with Crippen LogP contribution in [-0.2, 0) is 9.59 Å². The highest BCUT2D eigenvalue weighted by atomic mass is 16.2. The zero-order valence-corrected chi connectivity index (χ0v) is 14.6. The number of carbonyl (C=O) groups excluding carboxylic acids is 2. The van der Waals surface area contributed by atoms with E-state index in [1.54, 1.807) is 10.6 Å². The highest BCUT2D eigenvalue weighted by molar-refractivity contribution is 5.94. The Morgan fingerprint density at radius 1 is 1.08 bits per heavy atom. The van der Waals surface area contributed by atoms with E-state index in [-0.39, 0.29) is 23.8 Å². The van der Waals surface area contributed by atoms with Crippen molar-refractivity contribution in [2.45, 2.75) is 38.5 Å². The minimum Gasteiger partial charge on any atom is -0.347 e. The summed E-state index contributed by atoms with van der Waals surface area (Å²) in [7, 11) is 0. The van der Waals surface area contributed by atoms with E-state index in [2.05, 4.69) is 20.8 Å². The van der Waals surface area contributed by atoms with Gasteiger partial charge in [0.2, 0.25) is 17.8 Å². The average molecular weight is 353 g/mol. The molecule has 0 aromatic carbocycles. The smallest absolute Gasteiger partial charge is 0.246 e. The lowest BCUT2D eigenvalue weighted by Crippen LogP contribution is -2.54. The van der Waals surface area contributed by atoms with Crippen LogP contribution in [0.15, 0.2) is 24.4 Å². The number of anilines is 1. The van der Waals surface area contributed by atoms with E-state index in [1.807, 2.05) is 18.2 Å². The Labute approximate surface area is 151 Å². The molecule has 4 saturated carbocycles. The Kier molecular flexibility index (Phi) is 3.52. The molecule has 0 unspecified atom stereocenters. The van der Waals surface area contributed by atoms with Crippen LogP contribution in [0, 0.1) is 23.2 Å². The maximum absolute atomic E-state index is 12.9. The van der Waals surface area contributed by atoms with Crippen molar-refractivity contribution in [1.29, 1.82) is 0 Å². The normalized spacial score (nSPS) is 31.9. The first-order valence-electron chi connectivity index (χ1n) is 9.49. The number of carbonyl (C=O) groups is 2. The Morgan fingerprint density at radius 2 is 1.77 bits per heavy atom. The number of aromatic nitrogens is 3. The second kappa shape index (κ2) is 5.79. The van der Waals surface area contributed by atoms with Crippen molar-refractivity contribution in [3.8, 4) is 0 Å². The third-order valence-corrected chi connectivity index (χ3v) is 6.49. The Balaban J connectivity index is 1.22. The summed E-state index contributed by atoms with van der Waals surface area (Å²) in [6, 6.07) is 5.53. The molecule has 2 amide bonds. The molecule has 0 spiro atoms. The van der Waals surface area contributed by atoms with Crippen LogP contribution in [0.2, 0.25) is 0 Å². The lowest BCUT2D eigenvalue weighted by atomic mass is 9.49. The van der Waals surface area contributed by atoms with Crippen molar-refractivity contribution in [2.24, 2.45) is 23.2 Å². The zero-order valence-electron chi connectivity index (χ0n) is 14.6. The molecule has 4 aliphatic rings. The van der Waals surface area contributed by atoms with E-state index in [9.17, 15) is 9.59 Å². The van der Waals surface area contributed by atoms with E-state index in [0.717, 1.165) is 19.3 Å². The van der Waals surface area contributed by atoms with Gasteiger partial charge in [0, 0.05) is 11.6 Å². The quantitative estimate of drug-likeness (QED) is 0.880. The van der Waals surface area contributed by atoms with E-state index < -0.39 is 0 Å². The maximum atomic E-state index is 12.9. The van der Waals surface area contributed by atoms with Crippen LogP contribution in [0.1, 0.15) is 38.5 Å². The molecule has 0 saturated heterocycles. The summed E-state index contributed by atoms with van der Waals surface area (Å²) in [5, 5.41) is 13.6. The monoisotopic (exact) mass is 353 g/mol. The number of amides is 2. The molecule has 4 bridgehead atoms. The first-order chi connectivity index (χ1) is 12.6.